The van der Waals surface area contributed by atoms with Gasteiger partial charge in [-0.15, -0.1) is 0 Å². The topological polar surface area (TPSA) is 82.9 Å². The van der Waals surface area contributed by atoms with Crippen LogP contribution < -0.4 is 10.4 Å². The molecule has 4 rings (SSSR count). The molecule has 1 saturated heterocycles. The zero-order chi connectivity index (χ0) is 24.1. The van der Waals surface area contributed by atoms with Gasteiger partial charge >= 0.3 is 0 Å². The molecule has 33 heavy (non-hydrogen) atoms. The van der Waals surface area contributed by atoms with Crippen molar-refractivity contribution < 1.29 is 23.5 Å². The number of rotatable bonds is 5. The Morgan fingerprint density at radius 3 is 2.64 bits per heavy atom. The Morgan fingerprint density at radius 1 is 1.24 bits per heavy atom. The Labute approximate surface area is 190 Å². The summed E-state index contributed by atoms with van der Waals surface area (Å²) < 4.78 is 28.5. The normalized spacial score (nSPS) is 19.3. The van der Waals surface area contributed by atoms with Crippen molar-refractivity contribution in [2.75, 3.05) is 18.1 Å². The summed E-state index contributed by atoms with van der Waals surface area (Å²) in [6, 6.07) is 3.10. The van der Waals surface area contributed by atoms with E-state index in [2.05, 4.69) is 13.8 Å². The Balaban J connectivity index is 1.73. The fourth-order valence-electron chi connectivity index (χ4n) is 5.02. The van der Waals surface area contributed by atoms with Gasteiger partial charge in [-0.05, 0) is 37.8 Å². The van der Waals surface area contributed by atoms with E-state index in [0.29, 0.717) is 13.1 Å². The average molecular weight is 459 g/mol. The minimum atomic E-state index is -0.926. The zero-order valence-corrected chi connectivity index (χ0v) is 18.9. The van der Waals surface area contributed by atoms with Crippen LogP contribution in [0.2, 0.25) is 0 Å². The van der Waals surface area contributed by atoms with Gasteiger partial charge in [0, 0.05) is 37.2 Å². The number of aryl methyl sites for hydroxylation is 1. The Bertz CT molecular complexity index is 1190. The number of fused-ring (bicyclic) bond motifs is 3. The second-order valence-corrected chi connectivity index (χ2v) is 9.29. The van der Waals surface area contributed by atoms with Gasteiger partial charge in [0.2, 0.25) is 5.43 Å². The highest BCUT2D eigenvalue weighted by molar-refractivity contribution is 6.00. The lowest BCUT2D eigenvalue weighted by molar-refractivity contribution is 0.0187. The number of aromatic nitrogens is 1. The van der Waals surface area contributed by atoms with Crippen molar-refractivity contribution in [3.8, 4) is 5.75 Å². The number of hydrogen-bond acceptors (Lipinski definition) is 5. The van der Waals surface area contributed by atoms with Gasteiger partial charge in [0.15, 0.2) is 17.2 Å². The van der Waals surface area contributed by atoms with Gasteiger partial charge in [0.05, 0.1) is 5.56 Å². The van der Waals surface area contributed by atoms with Gasteiger partial charge in [-0.25, -0.2) is 8.78 Å². The fourth-order valence-corrected chi connectivity index (χ4v) is 5.02. The van der Waals surface area contributed by atoms with Gasteiger partial charge in [0.1, 0.15) is 17.8 Å². The van der Waals surface area contributed by atoms with Crippen molar-refractivity contribution in [2.45, 2.75) is 52.6 Å². The summed E-state index contributed by atoms with van der Waals surface area (Å²) in [5.74, 6) is -3.30. The maximum absolute atomic E-state index is 13.9. The predicted octanol–water partition coefficient (Wildman–Crippen LogP) is 3.21. The van der Waals surface area contributed by atoms with Crippen LogP contribution in [0.5, 0.6) is 5.75 Å². The van der Waals surface area contributed by atoms with Crippen LogP contribution in [-0.2, 0) is 6.42 Å². The number of carbonyl (C=O) groups is 2. The Kier molecular flexibility index (Phi) is 5.76. The number of halogens is 2. The van der Waals surface area contributed by atoms with Crippen LogP contribution in [0.15, 0.2) is 29.2 Å². The third-order valence-electron chi connectivity index (χ3n) is 6.67. The first kappa shape index (κ1) is 22.9. The molecule has 1 aromatic heterocycles. The number of nitrogens with zero attached hydrogens (tertiary/aromatic N) is 3. The van der Waals surface area contributed by atoms with Gasteiger partial charge in [0.25, 0.3) is 5.91 Å². The minimum absolute atomic E-state index is 0.0329. The lowest BCUT2D eigenvalue weighted by atomic mass is 9.79. The van der Waals surface area contributed by atoms with Gasteiger partial charge in [-0.3, -0.25) is 24.1 Å². The first-order valence-corrected chi connectivity index (χ1v) is 11.1. The SMILES string of the molecule is CCN1C(=O)c2c(O)c(=O)c(C(=O)CCc3ccc(F)cc3F)cn2N2CCCC(C)(C)[C@@H]12. The summed E-state index contributed by atoms with van der Waals surface area (Å²) in [7, 11) is 0. The molecule has 1 atom stereocenters. The first-order chi connectivity index (χ1) is 15.6. The lowest BCUT2D eigenvalue weighted by Gasteiger charge is -2.55. The smallest absolute Gasteiger partial charge is 0.278 e. The number of Topliss-reactive ketones (excluding diaryl/α,β-unsaturated/α-hetero) is 1. The molecule has 3 heterocycles. The molecule has 0 spiro atoms. The molecule has 9 heteroatoms. The first-order valence-electron chi connectivity index (χ1n) is 11.1. The number of pyridine rings is 1. The Hall–Kier alpha value is -3.23. The summed E-state index contributed by atoms with van der Waals surface area (Å²) in [6.45, 7) is 6.97. The van der Waals surface area contributed by atoms with Crippen LogP contribution >= 0.6 is 0 Å². The molecule has 2 aromatic rings. The molecule has 176 valence electrons. The fraction of sp³-hybridized carbons (Fsp3) is 0.458. The molecule has 1 N–H and O–H groups in total. The molecule has 1 aromatic carbocycles. The monoisotopic (exact) mass is 459 g/mol. The highest BCUT2D eigenvalue weighted by Gasteiger charge is 2.48. The molecule has 0 unspecified atom stereocenters. The molecular formula is C24H27F2N3O4. The van der Waals surface area contributed by atoms with E-state index in [1.165, 1.54) is 16.9 Å². The van der Waals surface area contributed by atoms with E-state index in [1.807, 2.05) is 11.9 Å². The van der Waals surface area contributed by atoms with Crippen LogP contribution in [0.4, 0.5) is 8.78 Å². The maximum Gasteiger partial charge on any atom is 0.278 e. The molecule has 0 aliphatic carbocycles. The number of ketones is 1. The highest BCUT2D eigenvalue weighted by atomic mass is 19.1. The van der Waals surface area contributed by atoms with E-state index in [4.69, 9.17) is 0 Å². The number of hydrogen-bond donors (Lipinski definition) is 1. The number of carbonyl (C=O) groups excluding carboxylic acids is 2. The van der Waals surface area contributed by atoms with Crippen LogP contribution in [0.1, 0.15) is 66.4 Å². The lowest BCUT2D eigenvalue weighted by Crippen LogP contribution is -2.68. The molecule has 7 nitrogen and oxygen atoms in total. The van der Waals surface area contributed by atoms with Crippen molar-refractivity contribution in [3.05, 3.63) is 63.1 Å². The largest absolute Gasteiger partial charge is 0.502 e. The van der Waals surface area contributed by atoms with Crippen molar-refractivity contribution >= 4 is 11.7 Å². The molecule has 0 radical (unpaired) electrons. The standard InChI is InChI=1S/C24H27F2N3O4/c1-4-27-22(33)19-21(32)20(31)16(13-29(19)28-11-5-10-24(2,3)23(27)28)18(30)9-7-14-6-8-15(25)12-17(14)26/h6,8,12-13,23,32H,4-5,7,9-11H2,1-3H3/t23-/m0/s1. The van der Waals surface area contributed by atoms with Crippen molar-refractivity contribution in [1.29, 1.82) is 0 Å². The third-order valence-corrected chi connectivity index (χ3v) is 6.67. The van der Waals surface area contributed by atoms with Gasteiger partial charge in [-0.2, -0.15) is 0 Å². The summed E-state index contributed by atoms with van der Waals surface area (Å²) >= 11 is 0. The van der Waals surface area contributed by atoms with E-state index in [1.54, 1.807) is 4.90 Å². The van der Waals surface area contributed by atoms with E-state index in [9.17, 15) is 28.3 Å². The summed E-state index contributed by atoms with van der Waals surface area (Å²) in [5, 5.41) is 12.6. The van der Waals surface area contributed by atoms with E-state index in [-0.39, 0.29) is 41.2 Å². The maximum atomic E-state index is 13.9. The minimum Gasteiger partial charge on any atom is -0.502 e. The molecule has 0 bridgehead atoms. The number of amides is 1. The number of aromatic hydroxyl groups is 1. The predicted molar refractivity (Wildman–Crippen MR) is 118 cm³/mol. The van der Waals surface area contributed by atoms with Crippen molar-refractivity contribution in [3.63, 3.8) is 0 Å². The molecule has 0 saturated carbocycles. The van der Waals surface area contributed by atoms with Crippen LogP contribution in [0.3, 0.4) is 0 Å². The number of benzene rings is 1. The van der Waals surface area contributed by atoms with Crippen molar-refractivity contribution in [2.24, 2.45) is 5.41 Å². The average Bonchev–Trinajstić information content (AvgIpc) is 2.75. The van der Waals surface area contributed by atoms with E-state index >= 15 is 0 Å². The molecular weight excluding hydrogens is 432 g/mol. The van der Waals surface area contributed by atoms with Crippen LogP contribution in [-0.4, -0.2) is 45.6 Å². The summed E-state index contributed by atoms with van der Waals surface area (Å²) in [5.41, 5.74) is -1.44. The number of piperidine rings is 1. The highest BCUT2D eigenvalue weighted by Crippen LogP contribution is 2.40. The van der Waals surface area contributed by atoms with Crippen molar-refractivity contribution in [1.82, 2.24) is 9.58 Å². The zero-order valence-electron chi connectivity index (χ0n) is 18.9. The quantitative estimate of drug-likeness (QED) is 0.695. The molecule has 1 amide bonds. The molecule has 2 aliphatic rings. The molecule has 1 fully saturated rings. The second kappa shape index (κ2) is 8.28. The summed E-state index contributed by atoms with van der Waals surface area (Å²) in [4.78, 5) is 40.6. The second-order valence-electron chi connectivity index (χ2n) is 9.29. The van der Waals surface area contributed by atoms with E-state index < -0.39 is 34.5 Å². The van der Waals surface area contributed by atoms with Gasteiger partial charge in [-0.1, -0.05) is 19.9 Å². The Morgan fingerprint density at radius 2 is 1.97 bits per heavy atom. The van der Waals surface area contributed by atoms with Crippen LogP contribution in [0, 0.1) is 17.0 Å². The summed E-state index contributed by atoms with van der Waals surface area (Å²) in [6.07, 6.45) is 2.52. The third kappa shape index (κ3) is 3.79. The van der Waals surface area contributed by atoms with Crippen LogP contribution in [0.25, 0.3) is 0 Å². The molecule has 2 aliphatic heterocycles. The van der Waals surface area contributed by atoms with Gasteiger partial charge < -0.3 is 10.0 Å². The van der Waals surface area contributed by atoms with E-state index in [0.717, 1.165) is 25.0 Å².